The second kappa shape index (κ2) is 10.7. The van der Waals surface area contributed by atoms with Gasteiger partial charge in [0.15, 0.2) is 4.34 Å². The van der Waals surface area contributed by atoms with E-state index in [0.717, 1.165) is 22.4 Å². The average Bonchev–Trinajstić information content (AvgIpc) is 3.17. The maximum atomic E-state index is 12.5. The van der Waals surface area contributed by atoms with E-state index in [1.165, 1.54) is 35.6 Å². The second-order valence-electron chi connectivity index (χ2n) is 6.54. The van der Waals surface area contributed by atoms with Crippen molar-refractivity contribution in [3.8, 4) is 0 Å². The Morgan fingerprint density at radius 3 is 2.33 bits per heavy atom. The fourth-order valence-electron chi connectivity index (χ4n) is 2.58. The summed E-state index contributed by atoms with van der Waals surface area (Å²) in [6, 6.07) is 17.2. The quantitative estimate of drug-likeness (QED) is 0.429. The maximum absolute atomic E-state index is 12.5. The molecule has 1 unspecified atom stereocenters. The van der Waals surface area contributed by atoms with Crippen LogP contribution in [0.4, 0.5) is 16.5 Å². The Morgan fingerprint density at radius 1 is 1.00 bits per heavy atom. The van der Waals surface area contributed by atoms with Crippen molar-refractivity contribution >= 4 is 51.4 Å². The standard InChI is InChI=1S/C21H23N5O2S2/c1-14(19(28)24-18-10-8-17(9-11-18)23-15(2)27)29-21-26-25-20(30-21)22-13-12-16-6-4-3-5-7-16/h3-11,14H,12-13H2,1-2H3,(H,22,25)(H,23,27)(H,24,28). The van der Waals surface area contributed by atoms with Crippen molar-refractivity contribution in [1.29, 1.82) is 0 Å². The van der Waals surface area contributed by atoms with Crippen molar-refractivity contribution in [2.75, 3.05) is 22.5 Å². The summed E-state index contributed by atoms with van der Waals surface area (Å²) in [4.78, 5) is 23.5. The zero-order chi connectivity index (χ0) is 21.3. The highest BCUT2D eigenvalue weighted by molar-refractivity contribution is 8.02. The first-order chi connectivity index (χ1) is 14.5. The summed E-state index contributed by atoms with van der Waals surface area (Å²) in [6.07, 6.45) is 0.905. The number of thioether (sulfide) groups is 1. The number of rotatable bonds is 9. The maximum Gasteiger partial charge on any atom is 0.237 e. The predicted octanol–water partition coefficient (Wildman–Crippen LogP) is 4.27. The molecule has 0 saturated carbocycles. The van der Waals surface area contributed by atoms with Crippen LogP contribution in [-0.4, -0.2) is 33.8 Å². The first-order valence-electron chi connectivity index (χ1n) is 9.46. The number of anilines is 3. The Morgan fingerprint density at radius 2 is 1.67 bits per heavy atom. The molecule has 2 aromatic carbocycles. The van der Waals surface area contributed by atoms with E-state index in [-0.39, 0.29) is 17.1 Å². The van der Waals surface area contributed by atoms with Crippen molar-refractivity contribution in [2.24, 2.45) is 0 Å². The predicted molar refractivity (Wildman–Crippen MR) is 123 cm³/mol. The Hall–Kier alpha value is -2.91. The fraction of sp³-hybridized carbons (Fsp3) is 0.238. The van der Waals surface area contributed by atoms with Crippen LogP contribution in [-0.2, 0) is 16.0 Å². The van der Waals surface area contributed by atoms with E-state index in [4.69, 9.17) is 0 Å². The fourth-order valence-corrected chi connectivity index (χ4v) is 4.50. The molecule has 0 spiro atoms. The van der Waals surface area contributed by atoms with Gasteiger partial charge in [-0.2, -0.15) is 0 Å². The molecule has 1 atom stereocenters. The molecule has 0 aliphatic heterocycles. The van der Waals surface area contributed by atoms with Crippen LogP contribution < -0.4 is 16.0 Å². The molecule has 0 aliphatic carbocycles. The van der Waals surface area contributed by atoms with Gasteiger partial charge in [0.1, 0.15) is 0 Å². The minimum atomic E-state index is -0.329. The molecule has 3 rings (SSSR count). The Labute approximate surface area is 183 Å². The van der Waals surface area contributed by atoms with E-state index < -0.39 is 0 Å². The van der Waals surface area contributed by atoms with Gasteiger partial charge in [0.2, 0.25) is 16.9 Å². The molecule has 0 bridgehead atoms. The first kappa shape index (κ1) is 21.8. The number of amides is 2. The summed E-state index contributed by atoms with van der Waals surface area (Å²) >= 11 is 2.81. The van der Waals surface area contributed by atoms with Gasteiger partial charge < -0.3 is 16.0 Å². The first-order valence-corrected chi connectivity index (χ1v) is 11.2. The molecule has 0 aliphatic rings. The molecule has 7 nitrogen and oxygen atoms in total. The van der Waals surface area contributed by atoms with E-state index in [1.807, 2.05) is 25.1 Å². The van der Waals surface area contributed by atoms with Gasteiger partial charge in [-0.25, -0.2) is 0 Å². The largest absolute Gasteiger partial charge is 0.360 e. The van der Waals surface area contributed by atoms with Gasteiger partial charge in [0, 0.05) is 24.8 Å². The lowest BCUT2D eigenvalue weighted by Crippen LogP contribution is -2.22. The van der Waals surface area contributed by atoms with E-state index >= 15 is 0 Å². The molecule has 0 saturated heterocycles. The van der Waals surface area contributed by atoms with E-state index in [2.05, 4.69) is 38.3 Å². The number of carbonyl (C=O) groups excluding carboxylic acids is 2. The van der Waals surface area contributed by atoms with Crippen molar-refractivity contribution < 1.29 is 9.59 Å². The van der Waals surface area contributed by atoms with Crippen LogP contribution in [0.5, 0.6) is 0 Å². The van der Waals surface area contributed by atoms with Crippen LogP contribution in [0.3, 0.4) is 0 Å². The van der Waals surface area contributed by atoms with Gasteiger partial charge in [-0.05, 0) is 43.2 Å². The summed E-state index contributed by atoms with van der Waals surface area (Å²) in [7, 11) is 0. The van der Waals surface area contributed by atoms with Crippen LogP contribution in [0.1, 0.15) is 19.4 Å². The molecule has 3 aromatic rings. The minimum Gasteiger partial charge on any atom is -0.360 e. The summed E-state index contributed by atoms with van der Waals surface area (Å²) < 4.78 is 0.737. The van der Waals surface area contributed by atoms with Gasteiger partial charge in [-0.3, -0.25) is 9.59 Å². The molecule has 156 valence electrons. The number of nitrogens with one attached hydrogen (secondary N) is 3. The number of aromatic nitrogens is 2. The zero-order valence-corrected chi connectivity index (χ0v) is 18.3. The lowest BCUT2D eigenvalue weighted by atomic mass is 10.2. The second-order valence-corrected chi connectivity index (χ2v) is 9.11. The highest BCUT2D eigenvalue weighted by Crippen LogP contribution is 2.29. The topological polar surface area (TPSA) is 96.0 Å². The van der Waals surface area contributed by atoms with E-state index in [0.29, 0.717) is 11.4 Å². The molecule has 2 amide bonds. The number of benzene rings is 2. The van der Waals surface area contributed by atoms with Gasteiger partial charge in [0.25, 0.3) is 0 Å². The third-order valence-electron chi connectivity index (χ3n) is 4.06. The third-order valence-corrected chi connectivity index (χ3v) is 6.12. The smallest absolute Gasteiger partial charge is 0.237 e. The van der Waals surface area contributed by atoms with Crippen LogP contribution in [0.2, 0.25) is 0 Å². The summed E-state index contributed by atoms with van der Waals surface area (Å²) in [5.74, 6) is -0.260. The highest BCUT2D eigenvalue weighted by atomic mass is 32.2. The van der Waals surface area contributed by atoms with Crippen molar-refractivity contribution in [3.63, 3.8) is 0 Å². The molecule has 9 heteroatoms. The molecular weight excluding hydrogens is 418 g/mol. The Balaban J connectivity index is 1.45. The van der Waals surface area contributed by atoms with Crippen LogP contribution in [0, 0.1) is 0 Å². The lowest BCUT2D eigenvalue weighted by Gasteiger charge is -2.11. The number of carbonyl (C=O) groups is 2. The van der Waals surface area contributed by atoms with Crippen LogP contribution in [0.15, 0.2) is 58.9 Å². The third kappa shape index (κ3) is 6.85. The average molecular weight is 442 g/mol. The summed E-state index contributed by atoms with van der Waals surface area (Å²) in [6.45, 7) is 4.05. The normalized spacial score (nSPS) is 11.5. The Kier molecular flexibility index (Phi) is 7.81. The molecule has 30 heavy (non-hydrogen) atoms. The van der Waals surface area contributed by atoms with Crippen LogP contribution in [0.25, 0.3) is 0 Å². The van der Waals surface area contributed by atoms with Crippen molar-refractivity contribution in [3.05, 3.63) is 60.2 Å². The zero-order valence-electron chi connectivity index (χ0n) is 16.7. The summed E-state index contributed by atoms with van der Waals surface area (Å²) in [5, 5.41) is 17.6. The number of hydrogen-bond donors (Lipinski definition) is 3. The molecule has 0 fully saturated rings. The SMILES string of the molecule is CC(=O)Nc1ccc(NC(=O)C(C)Sc2nnc(NCCc3ccccc3)s2)cc1. The molecular formula is C21H23N5O2S2. The lowest BCUT2D eigenvalue weighted by molar-refractivity contribution is -0.115. The number of hydrogen-bond acceptors (Lipinski definition) is 7. The van der Waals surface area contributed by atoms with Gasteiger partial charge in [-0.15, -0.1) is 10.2 Å². The van der Waals surface area contributed by atoms with Crippen molar-refractivity contribution in [2.45, 2.75) is 29.9 Å². The van der Waals surface area contributed by atoms with E-state index in [9.17, 15) is 9.59 Å². The summed E-state index contributed by atoms with van der Waals surface area (Å²) in [5.41, 5.74) is 2.62. The minimum absolute atomic E-state index is 0.124. The number of nitrogens with zero attached hydrogens (tertiary/aromatic N) is 2. The monoisotopic (exact) mass is 441 g/mol. The van der Waals surface area contributed by atoms with Crippen LogP contribution >= 0.6 is 23.1 Å². The molecule has 1 heterocycles. The van der Waals surface area contributed by atoms with Gasteiger partial charge in [0.05, 0.1) is 5.25 Å². The van der Waals surface area contributed by atoms with Gasteiger partial charge in [-0.1, -0.05) is 53.4 Å². The highest BCUT2D eigenvalue weighted by Gasteiger charge is 2.17. The molecule has 0 radical (unpaired) electrons. The molecule has 3 N–H and O–H groups in total. The Bertz CT molecular complexity index is 977. The molecule has 1 aromatic heterocycles. The van der Waals surface area contributed by atoms with Gasteiger partial charge >= 0.3 is 0 Å². The van der Waals surface area contributed by atoms with Crippen molar-refractivity contribution in [1.82, 2.24) is 10.2 Å². The van der Waals surface area contributed by atoms with E-state index in [1.54, 1.807) is 24.3 Å².